The van der Waals surface area contributed by atoms with E-state index in [-0.39, 0.29) is 6.03 Å². The predicted octanol–water partition coefficient (Wildman–Crippen LogP) is 2.06. The van der Waals surface area contributed by atoms with Gasteiger partial charge in [0.2, 0.25) is 0 Å². The van der Waals surface area contributed by atoms with Gasteiger partial charge in [0.15, 0.2) is 0 Å². The smallest absolute Gasteiger partial charge is 0.321 e. The van der Waals surface area contributed by atoms with Gasteiger partial charge in [-0.2, -0.15) is 5.10 Å². The summed E-state index contributed by atoms with van der Waals surface area (Å²) in [6, 6.07) is 0.428. The zero-order valence-corrected chi connectivity index (χ0v) is 10.0. The lowest BCUT2D eigenvalue weighted by Gasteiger charge is -2.28. The van der Waals surface area contributed by atoms with Crippen molar-refractivity contribution >= 4 is 11.7 Å². The molecule has 2 saturated carbocycles. The molecule has 17 heavy (non-hydrogen) atoms. The first-order valence-corrected chi connectivity index (χ1v) is 6.28. The van der Waals surface area contributed by atoms with Crippen LogP contribution in [0.25, 0.3) is 0 Å². The second-order valence-electron chi connectivity index (χ2n) is 5.19. The normalized spacial score (nSPS) is 19.4. The number of carbonyl (C=O) groups excluding carboxylic acids is 1. The number of nitrogens with one attached hydrogen (secondary N) is 2. The Morgan fingerprint density at radius 1 is 1.47 bits per heavy atom. The van der Waals surface area contributed by atoms with Gasteiger partial charge in [-0.05, 0) is 37.5 Å². The molecule has 1 heterocycles. The minimum Gasteiger partial charge on any atom is -0.324 e. The van der Waals surface area contributed by atoms with Gasteiger partial charge in [0.05, 0.1) is 11.9 Å². The van der Waals surface area contributed by atoms with Crippen LogP contribution in [-0.4, -0.2) is 34.2 Å². The highest BCUT2D eigenvalue weighted by molar-refractivity contribution is 5.89. The number of nitrogens with zero attached hydrogens (tertiary/aromatic N) is 2. The maximum atomic E-state index is 12.1. The predicted molar refractivity (Wildman–Crippen MR) is 64.6 cm³/mol. The first-order valence-electron chi connectivity index (χ1n) is 6.28. The van der Waals surface area contributed by atoms with Crippen LogP contribution in [-0.2, 0) is 0 Å². The van der Waals surface area contributed by atoms with E-state index in [4.69, 9.17) is 0 Å². The van der Waals surface area contributed by atoms with Crippen molar-refractivity contribution in [2.24, 2.45) is 11.8 Å². The fraction of sp³-hybridized carbons (Fsp3) is 0.667. The lowest BCUT2D eigenvalue weighted by Crippen LogP contribution is -2.42. The average molecular weight is 234 g/mol. The van der Waals surface area contributed by atoms with Crippen LogP contribution in [0.3, 0.4) is 0 Å². The number of hydrogen-bond donors (Lipinski definition) is 2. The quantitative estimate of drug-likeness (QED) is 0.837. The second-order valence-corrected chi connectivity index (χ2v) is 5.19. The van der Waals surface area contributed by atoms with E-state index in [0.29, 0.717) is 6.04 Å². The lowest BCUT2D eigenvalue weighted by atomic mass is 10.1. The molecule has 1 aromatic heterocycles. The van der Waals surface area contributed by atoms with E-state index < -0.39 is 0 Å². The van der Waals surface area contributed by atoms with Gasteiger partial charge < -0.3 is 10.2 Å². The molecule has 0 unspecified atom stereocenters. The maximum Gasteiger partial charge on any atom is 0.321 e. The lowest BCUT2D eigenvalue weighted by molar-refractivity contribution is 0.187. The highest BCUT2D eigenvalue weighted by Gasteiger charge is 2.44. The molecule has 0 spiro atoms. The second kappa shape index (κ2) is 4.05. The third-order valence-corrected chi connectivity index (χ3v) is 3.73. The number of aromatic nitrogens is 2. The molecule has 0 bridgehead atoms. The summed E-state index contributed by atoms with van der Waals surface area (Å²) in [6.45, 7) is 0. The van der Waals surface area contributed by atoms with Gasteiger partial charge in [-0.1, -0.05) is 0 Å². The third-order valence-electron chi connectivity index (χ3n) is 3.73. The summed E-state index contributed by atoms with van der Waals surface area (Å²) in [5.41, 5.74) is 0.729. The summed E-state index contributed by atoms with van der Waals surface area (Å²) in [7, 11) is 1.91. The van der Waals surface area contributed by atoms with Crippen molar-refractivity contribution < 1.29 is 4.79 Å². The molecule has 5 nitrogen and oxygen atoms in total. The summed E-state index contributed by atoms with van der Waals surface area (Å²) < 4.78 is 0. The first-order chi connectivity index (χ1) is 8.25. The van der Waals surface area contributed by atoms with Crippen LogP contribution in [0.5, 0.6) is 0 Å². The Morgan fingerprint density at radius 2 is 2.12 bits per heavy atom. The van der Waals surface area contributed by atoms with E-state index in [0.717, 1.165) is 17.5 Å². The van der Waals surface area contributed by atoms with Crippen LogP contribution < -0.4 is 5.32 Å². The van der Waals surface area contributed by atoms with Crippen LogP contribution >= 0.6 is 0 Å². The molecule has 0 aliphatic heterocycles. The van der Waals surface area contributed by atoms with E-state index in [9.17, 15) is 4.79 Å². The minimum atomic E-state index is -0.0183. The summed E-state index contributed by atoms with van der Waals surface area (Å²) in [6.07, 6.45) is 8.44. The molecule has 92 valence electrons. The van der Waals surface area contributed by atoms with Crippen molar-refractivity contribution in [2.75, 3.05) is 12.4 Å². The van der Waals surface area contributed by atoms with Gasteiger partial charge in [0, 0.05) is 19.3 Å². The highest BCUT2D eigenvalue weighted by Crippen LogP contribution is 2.46. The number of urea groups is 1. The standard InChI is InChI=1S/C12H18N4O/c1-16(11(8-2-3-8)9-4-5-9)12(17)15-10-6-13-14-7-10/h6-9,11H,2-5H2,1H3,(H,13,14)(H,15,17). The summed E-state index contributed by atoms with van der Waals surface area (Å²) in [4.78, 5) is 14.0. The van der Waals surface area contributed by atoms with Crippen LogP contribution in [0.4, 0.5) is 10.5 Å². The number of anilines is 1. The fourth-order valence-corrected chi connectivity index (χ4v) is 2.56. The van der Waals surface area contributed by atoms with Crippen molar-refractivity contribution in [1.82, 2.24) is 15.1 Å². The first kappa shape index (κ1) is 10.6. The number of hydrogen-bond acceptors (Lipinski definition) is 2. The van der Waals surface area contributed by atoms with Crippen molar-refractivity contribution in [2.45, 2.75) is 31.7 Å². The molecule has 5 heteroatoms. The van der Waals surface area contributed by atoms with E-state index >= 15 is 0 Å². The molecule has 2 fully saturated rings. The zero-order chi connectivity index (χ0) is 11.8. The highest BCUT2D eigenvalue weighted by atomic mass is 16.2. The minimum absolute atomic E-state index is 0.0183. The number of aromatic amines is 1. The van der Waals surface area contributed by atoms with Gasteiger partial charge in [-0.15, -0.1) is 0 Å². The topological polar surface area (TPSA) is 61.0 Å². The van der Waals surface area contributed by atoms with Gasteiger partial charge in [0.25, 0.3) is 0 Å². The number of rotatable bonds is 4. The Bertz CT molecular complexity index is 383. The Kier molecular flexibility index (Phi) is 2.53. The summed E-state index contributed by atoms with van der Waals surface area (Å²) in [5.74, 6) is 1.48. The molecule has 1 aromatic rings. The van der Waals surface area contributed by atoms with Gasteiger partial charge in [0.1, 0.15) is 0 Å². The van der Waals surface area contributed by atoms with E-state index in [1.807, 2.05) is 11.9 Å². The van der Waals surface area contributed by atoms with Crippen LogP contribution in [0.2, 0.25) is 0 Å². The Hall–Kier alpha value is -1.52. The van der Waals surface area contributed by atoms with Gasteiger partial charge in [-0.25, -0.2) is 4.79 Å². The molecule has 0 atom stereocenters. The largest absolute Gasteiger partial charge is 0.324 e. The summed E-state index contributed by atoms with van der Waals surface area (Å²) in [5, 5.41) is 9.37. The Labute approximate surface area is 101 Å². The molecular weight excluding hydrogens is 216 g/mol. The summed E-state index contributed by atoms with van der Waals surface area (Å²) >= 11 is 0. The zero-order valence-electron chi connectivity index (χ0n) is 10.0. The number of carbonyl (C=O) groups is 1. The Morgan fingerprint density at radius 3 is 2.59 bits per heavy atom. The molecule has 2 amide bonds. The SMILES string of the molecule is CN(C(=O)Nc1cn[nH]c1)C(C1CC1)C1CC1. The van der Waals surface area contributed by atoms with E-state index in [1.165, 1.54) is 25.7 Å². The average Bonchev–Trinajstić information content (AvgIpc) is 3.23. The van der Waals surface area contributed by atoms with Crippen molar-refractivity contribution in [3.8, 4) is 0 Å². The molecule has 2 N–H and O–H groups in total. The molecule has 2 aliphatic rings. The van der Waals surface area contributed by atoms with Gasteiger partial charge in [-0.3, -0.25) is 5.10 Å². The molecule has 0 aromatic carbocycles. The van der Waals surface area contributed by atoms with Crippen LogP contribution in [0, 0.1) is 11.8 Å². The molecule has 3 rings (SSSR count). The molecule has 0 saturated heterocycles. The maximum absolute atomic E-state index is 12.1. The number of H-pyrrole nitrogens is 1. The molecule has 2 aliphatic carbocycles. The molecular formula is C12H18N4O. The number of amides is 2. The monoisotopic (exact) mass is 234 g/mol. The van der Waals surface area contributed by atoms with Crippen molar-refractivity contribution in [3.63, 3.8) is 0 Å². The van der Waals surface area contributed by atoms with E-state index in [2.05, 4.69) is 15.5 Å². The third kappa shape index (κ3) is 2.28. The van der Waals surface area contributed by atoms with Gasteiger partial charge >= 0.3 is 6.03 Å². The van der Waals surface area contributed by atoms with Crippen molar-refractivity contribution in [3.05, 3.63) is 12.4 Å². The Balaban J connectivity index is 1.63. The molecule has 0 radical (unpaired) electrons. The van der Waals surface area contributed by atoms with E-state index in [1.54, 1.807) is 12.4 Å². The van der Waals surface area contributed by atoms with Crippen molar-refractivity contribution in [1.29, 1.82) is 0 Å². The fourth-order valence-electron chi connectivity index (χ4n) is 2.56. The van der Waals surface area contributed by atoms with Crippen LogP contribution in [0.1, 0.15) is 25.7 Å². The van der Waals surface area contributed by atoms with Crippen LogP contribution in [0.15, 0.2) is 12.4 Å².